The van der Waals surface area contributed by atoms with Gasteiger partial charge in [-0.25, -0.2) is 4.79 Å². The third kappa shape index (κ3) is 5.20. The molecule has 1 heterocycles. The first kappa shape index (κ1) is 17.1. The Balaban J connectivity index is 1.90. The molecule has 1 aromatic rings. The van der Waals surface area contributed by atoms with Gasteiger partial charge in [0, 0.05) is 29.3 Å². The number of rotatable bonds is 2. The molecule has 1 fully saturated rings. The molecule has 0 spiro atoms. The Kier molecular flexibility index (Phi) is 5.73. The van der Waals surface area contributed by atoms with Gasteiger partial charge in [0.05, 0.1) is 0 Å². The van der Waals surface area contributed by atoms with Crippen LogP contribution >= 0.6 is 15.9 Å². The number of nitrogens with one attached hydrogen (secondary N) is 1. The number of likely N-dealkylation sites (tertiary alicyclic amines) is 1. The van der Waals surface area contributed by atoms with Gasteiger partial charge < -0.3 is 15.0 Å². The second-order valence-electron chi connectivity index (χ2n) is 6.72. The Morgan fingerprint density at radius 3 is 2.68 bits per heavy atom. The van der Waals surface area contributed by atoms with E-state index in [9.17, 15) is 4.79 Å². The summed E-state index contributed by atoms with van der Waals surface area (Å²) in [5, 5.41) is 3.57. The van der Waals surface area contributed by atoms with Gasteiger partial charge in [0.2, 0.25) is 0 Å². The highest BCUT2D eigenvalue weighted by Crippen LogP contribution is 2.25. The van der Waals surface area contributed by atoms with Gasteiger partial charge in [-0.3, -0.25) is 0 Å². The van der Waals surface area contributed by atoms with Crippen LogP contribution in [0.2, 0.25) is 0 Å². The number of para-hydroxylation sites is 1. The van der Waals surface area contributed by atoms with Crippen molar-refractivity contribution in [1.29, 1.82) is 0 Å². The van der Waals surface area contributed by atoms with E-state index in [-0.39, 0.29) is 6.09 Å². The summed E-state index contributed by atoms with van der Waals surface area (Å²) in [4.78, 5) is 14.0. The van der Waals surface area contributed by atoms with Crippen LogP contribution in [0.3, 0.4) is 0 Å². The quantitative estimate of drug-likeness (QED) is 0.825. The fraction of sp³-hybridized carbons (Fsp3) is 0.588. The van der Waals surface area contributed by atoms with Crippen LogP contribution in [0, 0.1) is 0 Å². The van der Waals surface area contributed by atoms with E-state index in [1.54, 1.807) is 0 Å². The molecule has 0 aromatic heterocycles. The van der Waals surface area contributed by atoms with Crippen LogP contribution in [-0.2, 0) is 4.74 Å². The minimum Gasteiger partial charge on any atom is -0.444 e. The molecule has 122 valence electrons. The summed E-state index contributed by atoms with van der Waals surface area (Å²) in [5.74, 6) is 0. The molecule has 1 atom stereocenters. The maximum atomic E-state index is 12.2. The highest BCUT2D eigenvalue weighted by atomic mass is 79.9. The van der Waals surface area contributed by atoms with Crippen LogP contribution in [0.1, 0.15) is 40.0 Å². The van der Waals surface area contributed by atoms with Gasteiger partial charge in [-0.15, -0.1) is 0 Å². The number of carbonyl (C=O) groups is 1. The van der Waals surface area contributed by atoms with Gasteiger partial charge in [-0.2, -0.15) is 0 Å². The first-order valence-corrected chi connectivity index (χ1v) is 8.63. The molecule has 1 saturated heterocycles. The SMILES string of the molecule is CC(C)(C)OC(=O)N1CCCC(Nc2ccccc2Br)CC1. The summed E-state index contributed by atoms with van der Waals surface area (Å²) in [6.45, 7) is 7.21. The van der Waals surface area contributed by atoms with Gasteiger partial charge in [-0.05, 0) is 68.1 Å². The Bertz CT molecular complexity index is 514. The number of hydrogen-bond donors (Lipinski definition) is 1. The lowest BCUT2D eigenvalue weighted by molar-refractivity contribution is 0.0256. The number of ether oxygens (including phenoxy) is 1. The molecule has 1 aliphatic heterocycles. The van der Waals surface area contributed by atoms with E-state index in [4.69, 9.17) is 4.74 Å². The van der Waals surface area contributed by atoms with Gasteiger partial charge in [0.15, 0.2) is 0 Å². The number of amides is 1. The number of hydrogen-bond acceptors (Lipinski definition) is 3. The standard InChI is InChI=1S/C17H25BrN2O2/c1-17(2,3)22-16(21)20-11-6-7-13(10-12-20)19-15-9-5-4-8-14(15)18/h4-5,8-9,13,19H,6-7,10-12H2,1-3H3. The number of benzene rings is 1. The van der Waals surface area contributed by atoms with Gasteiger partial charge in [0.25, 0.3) is 0 Å². The minimum atomic E-state index is -0.435. The molecule has 0 bridgehead atoms. The maximum absolute atomic E-state index is 12.2. The van der Waals surface area contributed by atoms with Gasteiger partial charge in [-0.1, -0.05) is 12.1 Å². The zero-order chi connectivity index (χ0) is 16.2. The van der Waals surface area contributed by atoms with Crippen molar-refractivity contribution < 1.29 is 9.53 Å². The van der Waals surface area contributed by atoms with Crippen LogP contribution in [0.15, 0.2) is 28.7 Å². The van der Waals surface area contributed by atoms with E-state index in [2.05, 4.69) is 27.3 Å². The lowest BCUT2D eigenvalue weighted by Crippen LogP contribution is -2.37. The molecule has 1 amide bonds. The summed E-state index contributed by atoms with van der Waals surface area (Å²) < 4.78 is 6.54. The molecule has 1 unspecified atom stereocenters. The van der Waals surface area contributed by atoms with Crippen molar-refractivity contribution in [3.8, 4) is 0 Å². The zero-order valence-corrected chi connectivity index (χ0v) is 15.1. The molecule has 5 heteroatoms. The molecule has 4 nitrogen and oxygen atoms in total. The molecule has 0 radical (unpaired) electrons. The zero-order valence-electron chi connectivity index (χ0n) is 13.6. The van der Waals surface area contributed by atoms with E-state index in [0.29, 0.717) is 6.04 Å². The Hall–Kier alpha value is -1.23. The van der Waals surface area contributed by atoms with Crippen LogP contribution < -0.4 is 5.32 Å². The molecule has 1 N–H and O–H groups in total. The Morgan fingerprint density at radius 2 is 2.00 bits per heavy atom. The molecular weight excluding hydrogens is 344 g/mol. The molecule has 0 aliphatic carbocycles. The average molecular weight is 369 g/mol. The molecule has 0 saturated carbocycles. The summed E-state index contributed by atoms with van der Waals surface area (Å²) in [7, 11) is 0. The molecule has 1 aliphatic rings. The van der Waals surface area contributed by atoms with Crippen molar-refractivity contribution in [2.75, 3.05) is 18.4 Å². The van der Waals surface area contributed by atoms with E-state index in [1.807, 2.05) is 43.9 Å². The molecule has 2 rings (SSSR count). The van der Waals surface area contributed by atoms with Crippen molar-refractivity contribution in [2.24, 2.45) is 0 Å². The van der Waals surface area contributed by atoms with Gasteiger partial charge in [0.1, 0.15) is 5.60 Å². The lowest BCUT2D eigenvalue weighted by Gasteiger charge is -2.26. The first-order valence-electron chi connectivity index (χ1n) is 7.84. The second kappa shape index (κ2) is 7.36. The predicted molar refractivity (Wildman–Crippen MR) is 93.2 cm³/mol. The van der Waals surface area contributed by atoms with E-state index >= 15 is 0 Å². The Labute approximate surface area is 141 Å². The normalized spacial score (nSPS) is 19.5. The topological polar surface area (TPSA) is 41.6 Å². The Morgan fingerprint density at radius 1 is 1.27 bits per heavy atom. The summed E-state index contributed by atoms with van der Waals surface area (Å²) in [6.07, 6.45) is 2.77. The number of carbonyl (C=O) groups excluding carboxylic acids is 1. The minimum absolute atomic E-state index is 0.200. The highest BCUT2D eigenvalue weighted by Gasteiger charge is 2.25. The third-order valence-electron chi connectivity index (χ3n) is 3.61. The predicted octanol–water partition coefficient (Wildman–Crippen LogP) is 4.65. The molecular formula is C17H25BrN2O2. The van der Waals surface area contributed by atoms with Crippen LogP contribution in [0.5, 0.6) is 0 Å². The number of halogens is 1. The van der Waals surface area contributed by atoms with Crippen LogP contribution in [0.25, 0.3) is 0 Å². The summed E-state index contributed by atoms with van der Waals surface area (Å²) in [5.41, 5.74) is 0.675. The summed E-state index contributed by atoms with van der Waals surface area (Å²) >= 11 is 3.56. The van der Waals surface area contributed by atoms with E-state index in [1.165, 1.54) is 0 Å². The van der Waals surface area contributed by atoms with E-state index in [0.717, 1.165) is 42.5 Å². The third-order valence-corrected chi connectivity index (χ3v) is 4.30. The smallest absolute Gasteiger partial charge is 0.410 e. The van der Waals surface area contributed by atoms with Crippen molar-refractivity contribution in [3.05, 3.63) is 28.7 Å². The molecule has 1 aromatic carbocycles. The molecule has 22 heavy (non-hydrogen) atoms. The lowest BCUT2D eigenvalue weighted by atomic mass is 10.1. The summed E-state index contributed by atoms with van der Waals surface area (Å²) in [6, 6.07) is 8.52. The van der Waals surface area contributed by atoms with Crippen molar-refractivity contribution in [3.63, 3.8) is 0 Å². The fourth-order valence-electron chi connectivity index (χ4n) is 2.55. The largest absolute Gasteiger partial charge is 0.444 e. The number of anilines is 1. The van der Waals surface area contributed by atoms with E-state index < -0.39 is 5.60 Å². The van der Waals surface area contributed by atoms with Crippen LogP contribution in [0.4, 0.5) is 10.5 Å². The second-order valence-corrected chi connectivity index (χ2v) is 7.57. The first-order chi connectivity index (χ1) is 10.3. The van der Waals surface area contributed by atoms with Crippen molar-refractivity contribution in [1.82, 2.24) is 4.90 Å². The van der Waals surface area contributed by atoms with Crippen molar-refractivity contribution in [2.45, 2.75) is 51.7 Å². The number of nitrogens with zero attached hydrogens (tertiary/aromatic N) is 1. The monoisotopic (exact) mass is 368 g/mol. The maximum Gasteiger partial charge on any atom is 0.410 e. The average Bonchev–Trinajstić information content (AvgIpc) is 2.65. The highest BCUT2D eigenvalue weighted by molar-refractivity contribution is 9.10. The van der Waals surface area contributed by atoms with Gasteiger partial charge >= 0.3 is 6.09 Å². The van der Waals surface area contributed by atoms with Crippen LogP contribution in [-0.4, -0.2) is 35.7 Å². The fourth-order valence-corrected chi connectivity index (χ4v) is 2.95. The van der Waals surface area contributed by atoms with Crippen molar-refractivity contribution >= 4 is 27.7 Å².